The number of halogens is 1. The fourth-order valence-electron chi connectivity index (χ4n) is 6.47. The van der Waals surface area contributed by atoms with Crippen LogP contribution in [0.25, 0.3) is 0 Å². The number of thioether (sulfide) groups is 3. The number of nitrogens with zero attached hydrogens (tertiary/aromatic N) is 2. The zero-order valence-corrected chi connectivity index (χ0v) is 53.3. The van der Waals surface area contributed by atoms with Crippen molar-refractivity contribution in [2.75, 3.05) is 56.7 Å². The molecule has 0 bridgehead atoms. The molecule has 3 atom stereocenters. The molecule has 8 N–H and O–H groups in total. The van der Waals surface area contributed by atoms with Gasteiger partial charge in [0.1, 0.15) is 34.9 Å². The topological polar surface area (TPSA) is 436 Å². The number of fused-ring (bicyclic) bond motifs is 1. The summed E-state index contributed by atoms with van der Waals surface area (Å²) in [7, 11) is 4.84. The van der Waals surface area contributed by atoms with E-state index in [1.165, 1.54) is 50.2 Å². The van der Waals surface area contributed by atoms with E-state index in [9.17, 15) is 82.8 Å². The van der Waals surface area contributed by atoms with Crippen molar-refractivity contribution in [2.45, 2.75) is 112 Å². The minimum absolute atomic E-state index is 0.00443. The normalized spacial score (nSPS) is 13.0. The number of ether oxygens (including phenoxy) is 7. The lowest BCUT2D eigenvalue weighted by atomic mass is 10.2. The SMILES string of the molecule is COC(=O)c1ccc(F)c([N+](=O)[O-])c1.COC(=O)c1ccc(SC[C@H](NC(=O)OC(C)(C)C)C(=O)O)c(N)c1.COC(=O)c1ccc(SC[C@H](NC(=O)OC(C)(C)C)C(=O)O)c([N+](=O)[O-])c1.COC(=O)c1ccc2c(c1)NC(=O)[C@@H](NC(=O)OC(C)(C)C)CS2. The van der Waals surface area contributed by atoms with E-state index in [1.807, 2.05) is 0 Å². The molecule has 30 nitrogen and oxygen atoms in total. The summed E-state index contributed by atoms with van der Waals surface area (Å²) < 4.78 is 46.1. The lowest BCUT2D eigenvalue weighted by molar-refractivity contribution is -0.387. The van der Waals surface area contributed by atoms with Crippen LogP contribution in [0.4, 0.5) is 41.5 Å². The molecule has 0 aromatic heterocycles. The van der Waals surface area contributed by atoms with Crippen LogP contribution in [0.3, 0.4) is 0 Å². The highest BCUT2D eigenvalue weighted by Gasteiger charge is 2.30. The van der Waals surface area contributed by atoms with Gasteiger partial charge in [-0.15, -0.1) is 35.3 Å². The molecular weight excluding hydrogens is 1250 g/mol. The molecule has 34 heteroatoms. The van der Waals surface area contributed by atoms with E-state index in [-0.39, 0.29) is 39.1 Å². The van der Waals surface area contributed by atoms with E-state index in [1.54, 1.807) is 86.6 Å². The highest BCUT2D eigenvalue weighted by atomic mass is 32.2. The van der Waals surface area contributed by atoms with Crippen molar-refractivity contribution in [2.24, 2.45) is 0 Å². The summed E-state index contributed by atoms with van der Waals surface area (Å²) in [6, 6.07) is 12.8. The van der Waals surface area contributed by atoms with Crippen molar-refractivity contribution < 1.29 is 106 Å². The van der Waals surface area contributed by atoms with Gasteiger partial charge in [-0.3, -0.25) is 25.0 Å². The molecule has 0 fully saturated rings. The number of nitrogens with two attached hydrogens (primary N) is 1. The Labute approximate surface area is 527 Å². The van der Waals surface area contributed by atoms with Crippen LogP contribution in [-0.2, 0) is 47.5 Å². The second kappa shape index (κ2) is 34.9. The van der Waals surface area contributed by atoms with Gasteiger partial charge in [0.05, 0.1) is 71.1 Å². The number of alkyl carbamates (subject to hydrolysis) is 3. The number of nitrogen functional groups attached to an aromatic ring is 1. The smallest absolute Gasteiger partial charge is 0.408 e. The van der Waals surface area contributed by atoms with E-state index in [0.29, 0.717) is 33.2 Å². The van der Waals surface area contributed by atoms with Crippen molar-refractivity contribution >= 4 is 118 Å². The molecule has 0 unspecified atom stereocenters. The minimum Gasteiger partial charge on any atom is -0.480 e. The highest BCUT2D eigenvalue weighted by Crippen LogP contribution is 2.33. The average Bonchev–Trinajstić information content (AvgIpc) is 1.73. The maximum absolute atomic E-state index is 12.8. The maximum atomic E-state index is 12.8. The number of rotatable bonds is 17. The quantitative estimate of drug-likeness (QED) is 0.0130. The first kappa shape index (κ1) is 76.7. The Hall–Kier alpha value is -9.44. The molecule has 0 radical (unpaired) electrons. The Morgan fingerprint density at radius 2 is 0.989 bits per heavy atom. The number of carboxylic acid groups (broad SMARTS) is 2. The minimum atomic E-state index is -1.33. The molecule has 1 aliphatic rings. The molecule has 5 rings (SSSR count). The fraction of sp³-hybridized carbons (Fsp3) is 0.393. The number of nitro benzene ring substituents is 2. The number of carbonyl (C=O) groups is 10. The average molecular weight is 1320 g/mol. The molecule has 90 heavy (non-hydrogen) atoms. The van der Waals surface area contributed by atoms with Gasteiger partial charge in [-0.2, -0.15) is 4.39 Å². The van der Waals surface area contributed by atoms with Gasteiger partial charge in [-0.25, -0.2) is 43.2 Å². The van der Waals surface area contributed by atoms with Gasteiger partial charge in [-0.1, -0.05) is 0 Å². The third kappa shape index (κ3) is 26.9. The Kier molecular flexibility index (Phi) is 29.8. The molecule has 0 aliphatic carbocycles. The van der Waals surface area contributed by atoms with Gasteiger partial charge in [0.25, 0.3) is 5.69 Å². The predicted octanol–water partition coefficient (Wildman–Crippen LogP) is 8.51. The van der Waals surface area contributed by atoms with Gasteiger partial charge >= 0.3 is 59.8 Å². The molecule has 0 saturated heterocycles. The van der Waals surface area contributed by atoms with Crippen LogP contribution in [-0.4, -0.2) is 161 Å². The number of carboxylic acids is 2. The Bertz CT molecular complexity index is 3310. The van der Waals surface area contributed by atoms with Crippen LogP contribution in [0.15, 0.2) is 87.5 Å². The van der Waals surface area contributed by atoms with Gasteiger partial charge in [0, 0.05) is 44.9 Å². The zero-order chi connectivity index (χ0) is 68.6. The summed E-state index contributed by atoms with van der Waals surface area (Å²) in [6.45, 7) is 15.2. The van der Waals surface area contributed by atoms with Crippen molar-refractivity contribution in [3.63, 3.8) is 0 Å². The fourth-order valence-corrected chi connectivity index (χ4v) is 9.46. The molecule has 490 valence electrons. The summed E-state index contributed by atoms with van der Waals surface area (Å²) in [5, 5.41) is 49.8. The van der Waals surface area contributed by atoms with Gasteiger partial charge in [0.2, 0.25) is 11.7 Å². The Morgan fingerprint density at radius 1 is 0.611 bits per heavy atom. The number of nitro groups is 2. The zero-order valence-electron chi connectivity index (χ0n) is 50.8. The molecular formula is C56H68FN7O23S3. The molecule has 1 aliphatic heterocycles. The molecule has 0 saturated carbocycles. The molecule has 0 spiro atoms. The first-order chi connectivity index (χ1) is 41.7. The van der Waals surface area contributed by atoms with E-state index in [0.717, 1.165) is 66.9 Å². The van der Waals surface area contributed by atoms with Crippen LogP contribution in [0.5, 0.6) is 0 Å². The number of anilines is 2. The number of hydrogen-bond acceptors (Lipinski definition) is 25. The lowest BCUT2D eigenvalue weighted by Crippen LogP contribution is -2.46. The third-order valence-electron chi connectivity index (χ3n) is 10.4. The van der Waals surface area contributed by atoms with Crippen LogP contribution in [0.2, 0.25) is 0 Å². The third-order valence-corrected chi connectivity index (χ3v) is 13.9. The summed E-state index contributed by atoms with van der Waals surface area (Å²) in [6.07, 6.45) is -2.37. The lowest BCUT2D eigenvalue weighted by Gasteiger charge is -2.22. The Morgan fingerprint density at radius 3 is 1.40 bits per heavy atom. The maximum Gasteiger partial charge on any atom is 0.408 e. The van der Waals surface area contributed by atoms with E-state index in [4.69, 9.17) is 19.9 Å². The molecule has 4 aromatic carbocycles. The first-order valence-electron chi connectivity index (χ1n) is 26.0. The monoisotopic (exact) mass is 1320 g/mol. The van der Waals surface area contributed by atoms with E-state index < -0.39 is 110 Å². The number of nitrogens with one attached hydrogen (secondary N) is 4. The number of carbonyl (C=O) groups excluding carboxylic acids is 8. The van der Waals surface area contributed by atoms with Gasteiger partial charge in [0.15, 0.2) is 0 Å². The van der Waals surface area contributed by atoms with E-state index in [2.05, 4.69) is 40.2 Å². The number of methoxy groups -OCH3 is 4. The van der Waals surface area contributed by atoms with Crippen LogP contribution < -0.4 is 27.0 Å². The summed E-state index contributed by atoms with van der Waals surface area (Å²) in [4.78, 5) is 137. The van der Waals surface area contributed by atoms with Crippen molar-refractivity contribution in [3.8, 4) is 0 Å². The summed E-state index contributed by atoms with van der Waals surface area (Å²) in [5.74, 6) is -6.12. The van der Waals surface area contributed by atoms with Crippen LogP contribution in [0, 0.1) is 26.0 Å². The summed E-state index contributed by atoms with van der Waals surface area (Å²) >= 11 is 3.40. The van der Waals surface area contributed by atoms with Crippen LogP contribution >= 0.6 is 35.3 Å². The predicted molar refractivity (Wildman–Crippen MR) is 324 cm³/mol. The number of aliphatic carboxylic acids is 2. The largest absolute Gasteiger partial charge is 0.480 e. The van der Waals surface area contributed by atoms with Gasteiger partial charge < -0.3 is 70.4 Å². The van der Waals surface area contributed by atoms with Crippen molar-refractivity contribution in [1.82, 2.24) is 16.0 Å². The van der Waals surface area contributed by atoms with Gasteiger partial charge in [-0.05, 0) is 123 Å². The molecule has 4 aromatic rings. The number of amides is 4. The first-order valence-corrected chi connectivity index (χ1v) is 28.9. The molecule has 1 heterocycles. The second-order valence-corrected chi connectivity index (χ2v) is 24.2. The van der Waals surface area contributed by atoms with Crippen LogP contribution in [0.1, 0.15) is 104 Å². The number of benzene rings is 4. The van der Waals surface area contributed by atoms with Crippen molar-refractivity contribution in [1.29, 1.82) is 0 Å². The Balaban J connectivity index is 0.000000417. The highest BCUT2D eigenvalue weighted by molar-refractivity contribution is 8.00. The number of hydrogen-bond donors (Lipinski definition) is 7. The second-order valence-electron chi connectivity index (χ2n) is 21.0. The standard InChI is InChI=1S/C16H20N2O8S.C16H22N2O6S.C16H20N2O5S.C8H6FNO4/c1-16(2,3)26-15(22)17-10(13(19)20)8-27-12-6-5-9(14(21)25-4)7-11(12)18(23)24;1-16(2,3)24-15(22)18-11(13(19)20)8-25-12-6-5-9(7-10(12)17)14(21)23-4;1-16(2,3)23-15(21)18-11-8-24-12-6-5-9(14(20)22-4)7-10(12)17-13(11)19;1-14-8(11)5-2-3-6(9)7(4-5)10(12)13/h5-7,10H,8H2,1-4H3,(H,17,22)(H,19,20);5-7,11H,8,17H2,1-4H3,(H,18,22)(H,19,20);5-7,11H,8H2,1-4H3,(H,17,19)(H,18,21);2-4H,1H3/t10-;2*11-;/m000./s1. The van der Waals surface area contributed by atoms with E-state index >= 15 is 0 Å². The number of esters is 4. The molecule has 4 amide bonds. The van der Waals surface area contributed by atoms with Crippen molar-refractivity contribution in [3.05, 3.63) is 121 Å². The summed E-state index contributed by atoms with van der Waals surface area (Å²) in [5.41, 5.74) is 4.00.